The first kappa shape index (κ1) is 15.1. The van der Waals surface area contributed by atoms with E-state index in [1.807, 2.05) is 29.0 Å². The Bertz CT molecular complexity index is 768. The molecule has 23 heavy (non-hydrogen) atoms. The van der Waals surface area contributed by atoms with Gasteiger partial charge in [-0.05, 0) is 67.6 Å². The fourth-order valence-electron chi connectivity index (χ4n) is 3.36. The minimum atomic E-state index is -0.367. The lowest BCUT2D eigenvalue weighted by molar-refractivity contribution is -0.124. The molecule has 0 saturated heterocycles. The normalized spacial score (nSPS) is 20.2. The van der Waals surface area contributed by atoms with Gasteiger partial charge in [-0.3, -0.25) is 14.5 Å². The van der Waals surface area contributed by atoms with Crippen LogP contribution >= 0.6 is 23.6 Å². The average Bonchev–Trinajstić information content (AvgIpc) is 3.44. The fraction of sp³-hybridized carbons (Fsp3) is 0.562. The third-order valence-corrected chi connectivity index (χ3v) is 6.32. The van der Waals surface area contributed by atoms with Gasteiger partial charge in [0.1, 0.15) is 6.04 Å². The van der Waals surface area contributed by atoms with Gasteiger partial charge in [-0.25, -0.2) is 0 Å². The Hall–Kier alpha value is -1.47. The number of thiophene rings is 1. The zero-order valence-electron chi connectivity index (χ0n) is 13.0. The number of rotatable bonds is 6. The molecule has 2 saturated carbocycles. The van der Waals surface area contributed by atoms with Gasteiger partial charge in [-0.2, -0.15) is 5.10 Å². The Kier molecular flexibility index (Phi) is 3.65. The van der Waals surface area contributed by atoms with Crippen LogP contribution in [0.25, 0.3) is 10.7 Å². The van der Waals surface area contributed by atoms with Crippen LogP contribution in [0.2, 0.25) is 0 Å². The van der Waals surface area contributed by atoms with E-state index in [9.17, 15) is 4.79 Å². The number of carbonyl (C=O) groups is 1. The van der Waals surface area contributed by atoms with Crippen LogP contribution < -0.4 is 5.32 Å². The second-order valence-corrected chi connectivity index (χ2v) is 8.06. The van der Waals surface area contributed by atoms with Gasteiger partial charge in [-0.15, -0.1) is 11.3 Å². The third kappa shape index (κ3) is 2.76. The van der Waals surface area contributed by atoms with Crippen molar-refractivity contribution < 1.29 is 4.79 Å². The minimum Gasteiger partial charge on any atom is -0.354 e. The lowest BCUT2D eigenvalue weighted by Crippen LogP contribution is -2.36. The summed E-state index contributed by atoms with van der Waals surface area (Å²) in [6.45, 7) is 2.69. The van der Waals surface area contributed by atoms with Gasteiger partial charge >= 0.3 is 0 Å². The molecular weight excluding hydrogens is 328 g/mol. The van der Waals surface area contributed by atoms with Crippen LogP contribution in [0.5, 0.6) is 0 Å². The molecule has 0 spiro atoms. The van der Waals surface area contributed by atoms with Crippen molar-refractivity contribution >= 4 is 29.5 Å². The monoisotopic (exact) mass is 348 g/mol. The third-order valence-electron chi connectivity index (χ3n) is 5.16. The Balaban J connectivity index is 1.50. The zero-order chi connectivity index (χ0) is 16.0. The summed E-state index contributed by atoms with van der Waals surface area (Å²) in [5.74, 6) is 1.60. The molecule has 122 valence electrons. The molecule has 2 heterocycles. The van der Waals surface area contributed by atoms with E-state index in [0.29, 0.717) is 10.2 Å². The molecular formula is C16H20N4OS2. The summed E-state index contributed by atoms with van der Waals surface area (Å²) in [7, 11) is 0. The molecule has 1 atom stereocenters. The van der Waals surface area contributed by atoms with Crippen molar-refractivity contribution in [1.82, 2.24) is 20.1 Å². The van der Waals surface area contributed by atoms with E-state index in [0.717, 1.165) is 23.2 Å². The summed E-state index contributed by atoms with van der Waals surface area (Å²) in [6.07, 6.45) is 5.19. The molecule has 0 bridgehead atoms. The minimum absolute atomic E-state index is 0.0206. The molecule has 0 unspecified atom stereocenters. The van der Waals surface area contributed by atoms with Crippen LogP contribution in [0, 0.1) is 16.1 Å². The van der Waals surface area contributed by atoms with Crippen LogP contribution in [0.3, 0.4) is 0 Å². The van der Waals surface area contributed by atoms with E-state index < -0.39 is 0 Å². The maximum Gasteiger partial charge on any atom is 0.242 e. The molecule has 2 aliphatic rings. The van der Waals surface area contributed by atoms with Gasteiger partial charge in [0.2, 0.25) is 5.91 Å². The summed E-state index contributed by atoms with van der Waals surface area (Å²) in [6, 6.07) is 3.59. The number of aromatic amines is 1. The summed E-state index contributed by atoms with van der Waals surface area (Å²) in [5, 5.41) is 12.3. The van der Waals surface area contributed by atoms with Crippen molar-refractivity contribution in [3.05, 3.63) is 22.3 Å². The molecule has 0 aliphatic heterocycles. The topological polar surface area (TPSA) is 62.7 Å². The molecule has 2 aromatic heterocycles. The molecule has 4 rings (SSSR count). The first-order valence-corrected chi connectivity index (χ1v) is 9.38. The quantitative estimate of drug-likeness (QED) is 0.785. The number of nitrogens with zero attached hydrogens (tertiary/aromatic N) is 2. The second-order valence-electron chi connectivity index (χ2n) is 6.73. The molecule has 1 amide bonds. The van der Waals surface area contributed by atoms with E-state index in [1.54, 1.807) is 11.3 Å². The van der Waals surface area contributed by atoms with Crippen molar-refractivity contribution in [2.24, 2.45) is 11.3 Å². The van der Waals surface area contributed by atoms with E-state index in [4.69, 9.17) is 12.2 Å². The second kappa shape index (κ2) is 5.56. The molecule has 2 N–H and O–H groups in total. The highest BCUT2D eigenvalue weighted by Crippen LogP contribution is 2.60. The SMILES string of the molecule is C[C@H](C(=O)NCC1(C2CC2)CC1)n1c(-c2cccs2)n[nH]c1=S. The maximum atomic E-state index is 12.6. The molecule has 0 radical (unpaired) electrons. The van der Waals surface area contributed by atoms with Gasteiger partial charge in [0.15, 0.2) is 10.6 Å². The van der Waals surface area contributed by atoms with Crippen molar-refractivity contribution in [3.8, 4) is 10.7 Å². The molecule has 2 fully saturated rings. The largest absolute Gasteiger partial charge is 0.354 e. The molecule has 5 nitrogen and oxygen atoms in total. The van der Waals surface area contributed by atoms with Crippen molar-refractivity contribution in [1.29, 1.82) is 0 Å². The maximum absolute atomic E-state index is 12.6. The van der Waals surface area contributed by atoms with Crippen LogP contribution in [-0.2, 0) is 4.79 Å². The Labute approximate surface area is 144 Å². The zero-order valence-corrected chi connectivity index (χ0v) is 14.7. The number of carbonyl (C=O) groups excluding carboxylic acids is 1. The molecule has 7 heteroatoms. The number of aromatic nitrogens is 3. The van der Waals surface area contributed by atoms with E-state index in [1.165, 1.54) is 25.7 Å². The lowest BCUT2D eigenvalue weighted by Gasteiger charge is -2.19. The van der Waals surface area contributed by atoms with Gasteiger partial charge in [0.05, 0.1) is 4.88 Å². The van der Waals surface area contributed by atoms with E-state index in [2.05, 4.69) is 15.5 Å². The van der Waals surface area contributed by atoms with Gasteiger partial charge in [0.25, 0.3) is 0 Å². The van der Waals surface area contributed by atoms with Crippen LogP contribution in [0.1, 0.15) is 38.6 Å². The number of amides is 1. The van der Waals surface area contributed by atoms with Crippen LogP contribution in [0.15, 0.2) is 17.5 Å². The first-order chi connectivity index (χ1) is 11.1. The number of nitrogens with one attached hydrogen (secondary N) is 2. The summed E-state index contributed by atoms with van der Waals surface area (Å²) in [4.78, 5) is 13.6. The van der Waals surface area contributed by atoms with Crippen LogP contribution in [0.4, 0.5) is 0 Å². The van der Waals surface area contributed by atoms with Gasteiger partial charge in [-0.1, -0.05) is 6.07 Å². The first-order valence-electron chi connectivity index (χ1n) is 8.09. The van der Waals surface area contributed by atoms with Crippen molar-refractivity contribution in [2.45, 2.75) is 38.6 Å². The number of hydrogen-bond acceptors (Lipinski definition) is 4. The Morgan fingerprint density at radius 1 is 1.61 bits per heavy atom. The van der Waals surface area contributed by atoms with Gasteiger partial charge in [0, 0.05) is 6.54 Å². The average molecular weight is 348 g/mol. The summed E-state index contributed by atoms with van der Waals surface area (Å²) < 4.78 is 2.30. The number of H-pyrrole nitrogens is 1. The van der Waals surface area contributed by atoms with Crippen molar-refractivity contribution in [3.63, 3.8) is 0 Å². The standard InChI is InChI=1S/C16H20N4OS2/c1-10(14(21)17-9-16(6-7-16)11-4-5-11)20-13(18-19-15(20)22)12-3-2-8-23-12/h2-3,8,10-11H,4-7,9H2,1H3,(H,17,21)(H,19,22)/t10-/m1/s1. The Morgan fingerprint density at radius 3 is 3.00 bits per heavy atom. The smallest absolute Gasteiger partial charge is 0.242 e. The van der Waals surface area contributed by atoms with E-state index in [-0.39, 0.29) is 11.9 Å². The number of hydrogen-bond donors (Lipinski definition) is 2. The molecule has 2 aromatic rings. The highest BCUT2D eigenvalue weighted by molar-refractivity contribution is 7.71. The van der Waals surface area contributed by atoms with Crippen LogP contribution in [-0.4, -0.2) is 27.2 Å². The highest BCUT2D eigenvalue weighted by Gasteiger charge is 2.53. The predicted molar refractivity (Wildman–Crippen MR) is 92.8 cm³/mol. The Morgan fingerprint density at radius 2 is 2.39 bits per heavy atom. The fourth-order valence-corrected chi connectivity index (χ4v) is 4.36. The highest BCUT2D eigenvalue weighted by atomic mass is 32.1. The van der Waals surface area contributed by atoms with Crippen molar-refractivity contribution in [2.75, 3.05) is 6.54 Å². The predicted octanol–water partition coefficient (Wildman–Crippen LogP) is 3.54. The molecule has 2 aliphatic carbocycles. The van der Waals surface area contributed by atoms with E-state index >= 15 is 0 Å². The summed E-state index contributed by atoms with van der Waals surface area (Å²) >= 11 is 6.92. The summed E-state index contributed by atoms with van der Waals surface area (Å²) in [5.41, 5.74) is 0.407. The lowest BCUT2D eigenvalue weighted by atomic mass is 10.0. The molecule has 0 aromatic carbocycles. The van der Waals surface area contributed by atoms with Gasteiger partial charge < -0.3 is 5.32 Å².